The molecule has 0 aromatic carbocycles. The zero-order valence-corrected chi connectivity index (χ0v) is 14.4. The average molecular weight is 368 g/mol. The zero-order valence-electron chi connectivity index (χ0n) is 14.4. The fourth-order valence-electron chi connectivity index (χ4n) is 3.53. The van der Waals surface area contributed by atoms with E-state index in [-0.39, 0.29) is 18.0 Å². The molecule has 2 atom stereocenters. The molecule has 3 fully saturated rings. The number of hydrogen-bond acceptors (Lipinski definition) is 7. The van der Waals surface area contributed by atoms with Crippen molar-refractivity contribution in [2.45, 2.75) is 51.0 Å². The maximum Gasteiger partial charge on any atom is 0.433 e. The monoisotopic (exact) mass is 368 g/mol. The molecule has 0 aliphatic carbocycles. The van der Waals surface area contributed by atoms with Gasteiger partial charge in [0.1, 0.15) is 17.8 Å². The van der Waals surface area contributed by atoms with E-state index in [2.05, 4.69) is 25.0 Å². The minimum atomic E-state index is -4.46. The van der Waals surface area contributed by atoms with Crippen molar-refractivity contribution in [2.24, 2.45) is 0 Å². The van der Waals surface area contributed by atoms with Crippen LogP contribution in [0, 0.1) is 0 Å². The molecule has 2 aromatic heterocycles. The van der Waals surface area contributed by atoms with Gasteiger partial charge >= 0.3 is 6.18 Å². The van der Waals surface area contributed by atoms with Crippen molar-refractivity contribution >= 4 is 5.82 Å². The summed E-state index contributed by atoms with van der Waals surface area (Å²) in [7, 11) is 0. The summed E-state index contributed by atoms with van der Waals surface area (Å²) in [5.74, 6) is 1.80. The lowest BCUT2D eigenvalue weighted by Crippen LogP contribution is -2.68. The number of fused-ring (bicyclic) bond motifs is 2. The van der Waals surface area contributed by atoms with E-state index in [0.717, 1.165) is 18.8 Å². The number of halogens is 3. The molecule has 10 heteroatoms. The van der Waals surface area contributed by atoms with Gasteiger partial charge in [-0.3, -0.25) is 4.90 Å². The molecule has 7 nitrogen and oxygen atoms in total. The van der Waals surface area contributed by atoms with Crippen molar-refractivity contribution in [3.63, 3.8) is 0 Å². The molecular formula is C16H19F3N6O. The summed E-state index contributed by atoms with van der Waals surface area (Å²) in [5.41, 5.74) is -0.911. The van der Waals surface area contributed by atoms with Crippen LogP contribution in [-0.2, 0) is 12.7 Å². The second kappa shape index (κ2) is 6.19. The van der Waals surface area contributed by atoms with Gasteiger partial charge in [0.15, 0.2) is 5.82 Å². The standard InChI is InChI=1S/C16H19F3N6O/c1-9(2)15-22-14(26-23-15)7-25-10-3-11(25)6-24(5-10)13-4-12(16(17,18)19)20-8-21-13/h4,8-11H,3,5-7H2,1-2H3. The first-order valence-electron chi connectivity index (χ1n) is 8.53. The Balaban J connectivity index is 1.42. The number of nitrogens with zero attached hydrogens (tertiary/aromatic N) is 6. The quantitative estimate of drug-likeness (QED) is 0.821. The Morgan fingerprint density at radius 2 is 1.96 bits per heavy atom. The van der Waals surface area contributed by atoms with Gasteiger partial charge in [0.2, 0.25) is 5.89 Å². The van der Waals surface area contributed by atoms with Crippen molar-refractivity contribution < 1.29 is 17.7 Å². The molecule has 2 bridgehead atoms. The highest BCUT2D eigenvalue weighted by Crippen LogP contribution is 2.36. The van der Waals surface area contributed by atoms with Crippen LogP contribution in [-0.4, -0.2) is 50.2 Å². The van der Waals surface area contributed by atoms with E-state index in [0.29, 0.717) is 37.2 Å². The summed E-state index contributed by atoms with van der Waals surface area (Å²) in [6.07, 6.45) is -2.48. The van der Waals surface area contributed by atoms with Crippen LogP contribution < -0.4 is 4.90 Å². The average Bonchev–Trinajstić information content (AvgIpc) is 3.08. The zero-order chi connectivity index (χ0) is 18.5. The van der Waals surface area contributed by atoms with Gasteiger partial charge in [-0.25, -0.2) is 9.97 Å². The number of piperidine rings is 1. The molecule has 3 saturated heterocycles. The smallest absolute Gasteiger partial charge is 0.353 e. The van der Waals surface area contributed by atoms with Crippen LogP contribution in [0.3, 0.4) is 0 Å². The lowest BCUT2D eigenvalue weighted by atomic mass is 9.87. The van der Waals surface area contributed by atoms with Crippen LogP contribution in [0.25, 0.3) is 0 Å². The van der Waals surface area contributed by atoms with Crippen molar-refractivity contribution in [1.29, 1.82) is 0 Å². The molecule has 0 amide bonds. The third-order valence-corrected chi connectivity index (χ3v) is 4.93. The highest BCUT2D eigenvalue weighted by Gasteiger charge is 2.45. The van der Waals surface area contributed by atoms with Gasteiger partial charge in [-0.1, -0.05) is 19.0 Å². The number of aromatic nitrogens is 4. The predicted molar refractivity (Wildman–Crippen MR) is 85.4 cm³/mol. The van der Waals surface area contributed by atoms with Gasteiger partial charge in [0.25, 0.3) is 0 Å². The molecule has 2 unspecified atom stereocenters. The van der Waals surface area contributed by atoms with E-state index in [1.807, 2.05) is 18.7 Å². The van der Waals surface area contributed by atoms with E-state index in [1.165, 1.54) is 0 Å². The number of alkyl halides is 3. The van der Waals surface area contributed by atoms with E-state index in [4.69, 9.17) is 4.52 Å². The SMILES string of the molecule is CC(C)c1noc(CN2C3CC2CN(c2cc(C(F)(F)F)ncn2)C3)n1. The minimum absolute atomic E-state index is 0.208. The summed E-state index contributed by atoms with van der Waals surface area (Å²) in [4.78, 5) is 15.9. The molecule has 5 rings (SSSR count). The fourth-order valence-corrected chi connectivity index (χ4v) is 3.53. The molecule has 0 spiro atoms. The number of hydrogen-bond donors (Lipinski definition) is 0. The lowest BCUT2D eigenvalue weighted by molar-refractivity contribution is -0.141. The Kier molecular flexibility index (Phi) is 4.09. The van der Waals surface area contributed by atoms with Crippen molar-refractivity contribution in [2.75, 3.05) is 18.0 Å². The minimum Gasteiger partial charge on any atom is -0.353 e. The first kappa shape index (κ1) is 17.2. The van der Waals surface area contributed by atoms with Crippen LogP contribution in [0.5, 0.6) is 0 Å². The first-order chi connectivity index (χ1) is 12.3. The van der Waals surface area contributed by atoms with Crippen LogP contribution >= 0.6 is 0 Å². The molecule has 3 aliphatic heterocycles. The highest BCUT2D eigenvalue weighted by molar-refractivity contribution is 5.42. The second-order valence-corrected chi connectivity index (χ2v) is 7.08. The third-order valence-electron chi connectivity index (χ3n) is 4.93. The van der Waals surface area contributed by atoms with Crippen LogP contribution in [0.15, 0.2) is 16.9 Å². The number of rotatable bonds is 4. The second-order valence-electron chi connectivity index (χ2n) is 7.08. The largest absolute Gasteiger partial charge is 0.433 e. The van der Waals surface area contributed by atoms with E-state index in [1.54, 1.807) is 0 Å². The summed E-state index contributed by atoms with van der Waals surface area (Å²) in [6.45, 7) is 5.82. The molecule has 0 saturated carbocycles. The Labute approximate surface area is 148 Å². The van der Waals surface area contributed by atoms with Gasteiger partial charge < -0.3 is 9.42 Å². The van der Waals surface area contributed by atoms with Gasteiger partial charge in [-0.2, -0.15) is 18.2 Å². The Hall–Kier alpha value is -2.23. The van der Waals surface area contributed by atoms with Crippen molar-refractivity contribution in [3.8, 4) is 0 Å². The van der Waals surface area contributed by atoms with E-state index in [9.17, 15) is 13.2 Å². The Morgan fingerprint density at radius 3 is 2.58 bits per heavy atom. The summed E-state index contributed by atoms with van der Waals surface area (Å²) >= 11 is 0. The molecule has 140 valence electrons. The summed E-state index contributed by atoms with van der Waals surface area (Å²) in [5, 5.41) is 3.97. The van der Waals surface area contributed by atoms with Crippen LogP contribution in [0.4, 0.5) is 19.0 Å². The summed E-state index contributed by atoms with van der Waals surface area (Å²) < 4.78 is 43.8. The topological polar surface area (TPSA) is 71.2 Å². The number of anilines is 1. The molecule has 26 heavy (non-hydrogen) atoms. The third kappa shape index (κ3) is 3.13. The van der Waals surface area contributed by atoms with Crippen LogP contribution in [0.2, 0.25) is 0 Å². The Bertz CT molecular complexity index is 780. The number of piperazine rings is 1. The maximum atomic E-state index is 12.8. The Morgan fingerprint density at radius 1 is 1.23 bits per heavy atom. The van der Waals surface area contributed by atoms with Gasteiger partial charge in [0.05, 0.1) is 6.54 Å². The van der Waals surface area contributed by atoms with E-state index < -0.39 is 11.9 Å². The van der Waals surface area contributed by atoms with Crippen LogP contribution in [0.1, 0.15) is 43.6 Å². The molecule has 0 radical (unpaired) electrons. The molecular weight excluding hydrogens is 349 g/mol. The first-order valence-corrected chi connectivity index (χ1v) is 8.53. The van der Waals surface area contributed by atoms with Gasteiger partial charge in [-0.05, 0) is 6.42 Å². The van der Waals surface area contributed by atoms with Gasteiger partial charge in [-0.15, -0.1) is 0 Å². The lowest BCUT2D eigenvalue weighted by Gasteiger charge is -2.56. The van der Waals surface area contributed by atoms with Crippen molar-refractivity contribution in [1.82, 2.24) is 25.0 Å². The molecule has 3 aliphatic rings. The van der Waals surface area contributed by atoms with E-state index >= 15 is 0 Å². The fraction of sp³-hybridized carbons (Fsp3) is 0.625. The summed E-state index contributed by atoms with van der Waals surface area (Å²) in [6, 6.07) is 1.50. The normalized spacial score (nSPS) is 23.4. The maximum absolute atomic E-state index is 12.8. The van der Waals surface area contributed by atoms with Gasteiger partial charge in [0, 0.05) is 37.2 Å². The highest BCUT2D eigenvalue weighted by atomic mass is 19.4. The molecule has 2 aromatic rings. The predicted octanol–water partition coefficient (Wildman–Crippen LogP) is 2.46. The molecule has 0 N–H and O–H groups in total. The van der Waals surface area contributed by atoms with Crippen molar-refractivity contribution in [3.05, 3.63) is 29.8 Å². The molecule has 5 heterocycles.